The molecular formula is C10H15N5O2. The lowest BCUT2D eigenvalue weighted by Gasteiger charge is -2.10. The Labute approximate surface area is 98.3 Å². The first-order chi connectivity index (χ1) is 8.00. The Morgan fingerprint density at radius 2 is 1.88 bits per heavy atom. The Kier molecular flexibility index (Phi) is 4.15. The highest BCUT2D eigenvalue weighted by atomic mass is 16.2. The van der Waals surface area contributed by atoms with Crippen LogP contribution in [0.1, 0.15) is 10.4 Å². The van der Waals surface area contributed by atoms with Crippen molar-refractivity contribution in [3.05, 3.63) is 23.8 Å². The molecule has 0 heterocycles. The highest BCUT2D eigenvalue weighted by molar-refractivity contribution is 5.99. The van der Waals surface area contributed by atoms with Crippen LogP contribution in [0.25, 0.3) is 0 Å². The molecule has 1 aromatic rings. The van der Waals surface area contributed by atoms with E-state index >= 15 is 0 Å². The number of carbonyl (C=O) groups is 2. The number of nitrogens with one attached hydrogen (secondary N) is 2. The van der Waals surface area contributed by atoms with Gasteiger partial charge >= 0.3 is 6.03 Å². The molecule has 0 unspecified atom stereocenters. The van der Waals surface area contributed by atoms with E-state index in [0.717, 1.165) is 0 Å². The van der Waals surface area contributed by atoms with E-state index in [1.165, 1.54) is 0 Å². The number of benzene rings is 1. The maximum Gasteiger partial charge on any atom is 0.312 e. The zero-order valence-corrected chi connectivity index (χ0v) is 9.19. The zero-order valence-electron chi connectivity index (χ0n) is 9.19. The summed E-state index contributed by atoms with van der Waals surface area (Å²) in [5, 5.41) is 5.35. The minimum Gasteiger partial charge on any atom is -0.399 e. The molecule has 0 spiro atoms. The predicted octanol–water partition coefficient (Wildman–Crippen LogP) is -0.552. The predicted molar refractivity (Wildman–Crippen MR) is 65.4 cm³/mol. The van der Waals surface area contributed by atoms with Gasteiger partial charge in [-0.25, -0.2) is 4.79 Å². The summed E-state index contributed by atoms with van der Waals surface area (Å²) in [4.78, 5) is 21.6. The van der Waals surface area contributed by atoms with Crippen molar-refractivity contribution >= 4 is 23.3 Å². The summed E-state index contributed by atoms with van der Waals surface area (Å²) >= 11 is 0. The van der Waals surface area contributed by atoms with Gasteiger partial charge in [-0.2, -0.15) is 0 Å². The average molecular weight is 237 g/mol. The maximum atomic E-state index is 11.1. The quantitative estimate of drug-likeness (QED) is 0.346. The highest BCUT2D eigenvalue weighted by Gasteiger charge is 2.07. The van der Waals surface area contributed by atoms with Gasteiger partial charge in [0.2, 0.25) is 0 Å². The van der Waals surface area contributed by atoms with Gasteiger partial charge in [0.15, 0.2) is 0 Å². The number of primary amides is 2. The molecule has 0 atom stereocenters. The lowest BCUT2D eigenvalue weighted by Crippen LogP contribution is -2.33. The molecule has 8 N–H and O–H groups in total. The Bertz CT molecular complexity index is 433. The normalized spacial score (nSPS) is 9.65. The Morgan fingerprint density at radius 3 is 2.47 bits per heavy atom. The highest BCUT2D eigenvalue weighted by Crippen LogP contribution is 2.18. The van der Waals surface area contributed by atoms with Gasteiger partial charge < -0.3 is 27.8 Å². The van der Waals surface area contributed by atoms with E-state index in [1.54, 1.807) is 18.2 Å². The SMILES string of the molecule is NC(=O)NCCNc1cc(N)ccc1C(N)=O. The van der Waals surface area contributed by atoms with E-state index in [0.29, 0.717) is 30.0 Å². The molecule has 1 aromatic carbocycles. The van der Waals surface area contributed by atoms with Crippen molar-refractivity contribution in [3.8, 4) is 0 Å². The molecule has 7 nitrogen and oxygen atoms in total. The molecule has 0 aliphatic rings. The first kappa shape index (κ1) is 12.6. The van der Waals surface area contributed by atoms with Crippen molar-refractivity contribution in [1.82, 2.24) is 5.32 Å². The first-order valence-electron chi connectivity index (χ1n) is 4.97. The third kappa shape index (κ3) is 3.90. The summed E-state index contributed by atoms with van der Waals surface area (Å²) in [7, 11) is 0. The summed E-state index contributed by atoms with van der Waals surface area (Å²) in [6, 6.07) is 4.13. The van der Waals surface area contributed by atoms with E-state index < -0.39 is 11.9 Å². The number of anilines is 2. The first-order valence-corrected chi connectivity index (χ1v) is 4.97. The lowest BCUT2D eigenvalue weighted by molar-refractivity contribution is 0.100. The molecule has 0 fully saturated rings. The third-order valence-electron chi connectivity index (χ3n) is 2.05. The third-order valence-corrected chi connectivity index (χ3v) is 2.05. The molecule has 17 heavy (non-hydrogen) atoms. The van der Waals surface area contributed by atoms with Crippen LogP contribution in [0.5, 0.6) is 0 Å². The number of rotatable bonds is 5. The number of nitrogens with two attached hydrogens (primary N) is 3. The van der Waals surface area contributed by atoms with E-state index in [-0.39, 0.29) is 0 Å². The minimum absolute atomic E-state index is 0.336. The standard InChI is InChI=1S/C10H15N5O2/c11-6-1-2-7(9(12)16)8(5-6)14-3-4-15-10(13)17/h1-2,5,14H,3-4,11H2,(H2,12,16)(H3,13,15,17). The van der Waals surface area contributed by atoms with Crippen molar-refractivity contribution in [2.75, 3.05) is 24.1 Å². The van der Waals surface area contributed by atoms with E-state index in [4.69, 9.17) is 17.2 Å². The van der Waals surface area contributed by atoms with Crippen molar-refractivity contribution in [2.24, 2.45) is 11.5 Å². The molecule has 0 bridgehead atoms. The molecule has 0 saturated heterocycles. The molecule has 1 rings (SSSR count). The zero-order chi connectivity index (χ0) is 12.8. The van der Waals surface area contributed by atoms with Gasteiger partial charge in [-0.3, -0.25) is 4.79 Å². The monoisotopic (exact) mass is 237 g/mol. The smallest absolute Gasteiger partial charge is 0.312 e. The van der Waals surface area contributed by atoms with Crippen LogP contribution in [0.4, 0.5) is 16.2 Å². The molecule has 0 saturated carbocycles. The largest absolute Gasteiger partial charge is 0.399 e. The topological polar surface area (TPSA) is 136 Å². The van der Waals surface area contributed by atoms with E-state index in [9.17, 15) is 9.59 Å². The number of carbonyl (C=O) groups excluding carboxylic acids is 2. The van der Waals surface area contributed by atoms with Crippen LogP contribution in [0, 0.1) is 0 Å². The van der Waals surface area contributed by atoms with Gasteiger partial charge in [0, 0.05) is 24.5 Å². The van der Waals surface area contributed by atoms with Gasteiger partial charge in [-0.1, -0.05) is 0 Å². The van der Waals surface area contributed by atoms with Gasteiger partial charge in [0.1, 0.15) is 0 Å². The Balaban J connectivity index is 2.65. The molecule has 0 aromatic heterocycles. The summed E-state index contributed by atoms with van der Waals surface area (Å²) < 4.78 is 0. The fourth-order valence-corrected chi connectivity index (χ4v) is 1.31. The van der Waals surface area contributed by atoms with Crippen LogP contribution in [0.15, 0.2) is 18.2 Å². The van der Waals surface area contributed by atoms with E-state index in [2.05, 4.69) is 10.6 Å². The number of urea groups is 1. The van der Waals surface area contributed by atoms with Crippen LogP contribution in [0.2, 0.25) is 0 Å². The summed E-state index contributed by atoms with van der Waals surface area (Å²) in [5.74, 6) is -0.546. The van der Waals surface area contributed by atoms with Gasteiger partial charge in [0.25, 0.3) is 5.91 Å². The van der Waals surface area contributed by atoms with Crippen LogP contribution in [0.3, 0.4) is 0 Å². The molecule has 3 amide bonds. The minimum atomic E-state index is -0.602. The van der Waals surface area contributed by atoms with Crippen LogP contribution >= 0.6 is 0 Å². The summed E-state index contributed by atoms with van der Waals surface area (Å²) in [5.41, 5.74) is 17.1. The van der Waals surface area contributed by atoms with E-state index in [1.807, 2.05) is 0 Å². The molecule has 92 valence electrons. The second-order valence-electron chi connectivity index (χ2n) is 3.39. The number of hydrogen-bond acceptors (Lipinski definition) is 4. The fourth-order valence-electron chi connectivity index (χ4n) is 1.31. The lowest BCUT2D eigenvalue weighted by atomic mass is 10.1. The second kappa shape index (κ2) is 5.59. The maximum absolute atomic E-state index is 11.1. The average Bonchev–Trinajstić information content (AvgIpc) is 2.23. The molecule has 0 aliphatic heterocycles. The van der Waals surface area contributed by atoms with Crippen LogP contribution in [-0.2, 0) is 0 Å². The molecular weight excluding hydrogens is 222 g/mol. The molecule has 0 radical (unpaired) electrons. The summed E-state index contributed by atoms with van der Waals surface area (Å²) in [6.45, 7) is 0.745. The van der Waals surface area contributed by atoms with Gasteiger partial charge in [-0.05, 0) is 18.2 Å². The second-order valence-corrected chi connectivity index (χ2v) is 3.39. The molecule has 0 aliphatic carbocycles. The van der Waals surface area contributed by atoms with Gasteiger partial charge in [-0.15, -0.1) is 0 Å². The van der Waals surface area contributed by atoms with Crippen molar-refractivity contribution in [3.63, 3.8) is 0 Å². The van der Waals surface area contributed by atoms with Crippen molar-refractivity contribution < 1.29 is 9.59 Å². The number of amides is 3. The van der Waals surface area contributed by atoms with Gasteiger partial charge in [0.05, 0.1) is 5.56 Å². The fraction of sp³-hybridized carbons (Fsp3) is 0.200. The van der Waals surface area contributed by atoms with Crippen molar-refractivity contribution in [2.45, 2.75) is 0 Å². The van der Waals surface area contributed by atoms with Crippen LogP contribution in [-0.4, -0.2) is 25.0 Å². The summed E-state index contributed by atoms with van der Waals surface area (Å²) in [6.07, 6.45) is 0. The van der Waals surface area contributed by atoms with Crippen molar-refractivity contribution in [1.29, 1.82) is 0 Å². The van der Waals surface area contributed by atoms with Crippen LogP contribution < -0.4 is 27.8 Å². The Hall–Kier alpha value is -2.44. The molecule has 7 heteroatoms. The Morgan fingerprint density at radius 1 is 1.18 bits per heavy atom. The number of nitrogen functional groups attached to an aromatic ring is 1. The number of hydrogen-bond donors (Lipinski definition) is 5.